The first-order chi connectivity index (χ1) is 20.1. The third-order valence-corrected chi connectivity index (χ3v) is 8.05. The van der Waals surface area contributed by atoms with Crippen LogP contribution in [0.3, 0.4) is 0 Å². The fraction of sp³-hybridized carbons (Fsp3) is 0.393. The van der Waals surface area contributed by atoms with Gasteiger partial charge in [0, 0.05) is 29.9 Å². The number of phosphoric ester groups is 2. The number of benzene rings is 2. The molecule has 15 heteroatoms. The van der Waals surface area contributed by atoms with Crippen LogP contribution in [0.1, 0.15) is 60.4 Å². The molecule has 0 saturated heterocycles. The van der Waals surface area contributed by atoms with Crippen molar-refractivity contribution in [3.05, 3.63) is 70.0 Å². The Bertz CT molecular complexity index is 1510. The summed E-state index contributed by atoms with van der Waals surface area (Å²) in [4.78, 5) is 50.0. The molecule has 236 valence electrons. The van der Waals surface area contributed by atoms with Gasteiger partial charge in [-0.15, -0.1) is 0 Å². The maximum Gasteiger partial charge on any atom is 0.524 e. The first-order valence-electron chi connectivity index (χ1n) is 13.6. The summed E-state index contributed by atoms with van der Waals surface area (Å²) in [5, 5.41) is -0.0803. The number of carbonyl (C=O) groups is 1. The molecule has 0 aliphatic carbocycles. The number of aromatic nitrogens is 1. The molecule has 0 bridgehead atoms. The van der Waals surface area contributed by atoms with E-state index in [1.807, 2.05) is 16.7 Å². The average molecular weight is 659 g/mol. The number of rotatable bonds is 16. The number of halogens is 1. The number of nitrogens with two attached hydrogens (primary N) is 1. The van der Waals surface area contributed by atoms with Crippen LogP contribution in [0.15, 0.2) is 42.5 Å². The number of ether oxygens (including phenoxy) is 1. The zero-order valence-corrected chi connectivity index (χ0v) is 26.6. The number of methoxy groups -OCH3 is 1. The molecule has 2 aromatic carbocycles. The van der Waals surface area contributed by atoms with Crippen molar-refractivity contribution in [3.8, 4) is 22.6 Å². The maximum atomic E-state index is 13.2. The van der Waals surface area contributed by atoms with Crippen LogP contribution in [0, 0.1) is 5.92 Å². The monoisotopic (exact) mass is 658 g/mol. The topological polar surface area (TPSA) is 191 Å². The van der Waals surface area contributed by atoms with Gasteiger partial charge < -0.3 is 29.3 Å². The smallest absolute Gasteiger partial charge is 0.497 e. The van der Waals surface area contributed by atoms with Crippen LogP contribution in [0.2, 0.25) is 5.02 Å². The van der Waals surface area contributed by atoms with E-state index in [-0.39, 0.29) is 41.8 Å². The summed E-state index contributed by atoms with van der Waals surface area (Å²) in [7, 11) is -8.00. The summed E-state index contributed by atoms with van der Waals surface area (Å²) < 4.78 is 39.3. The molecule has 1 atom stereocenters. The molecule has 1 amide bonds. The van der Waals surface area contributed by atoms with Gasteiger partial charge in [0.1, 0.15) is 11.5 Å². The van der Waals surface area contributed by atoms with Crippen LogP contribution in [0.25, 0.3) is 11.1 Å². The summed E-state index contributed by atoms with van der Waals surface area (Å²) in [6.45, 7) is 4.18. The Morgan fingerprint density at radius 2 is 1.72 bits per heavy atom. The van der Waals surface area contributed by atoms with Gasteiger partial charge in [-0.2, -0.15) is 0 Å². The van der Waals surface area contributed by atoms with E-state index in [0.717, 1.165) is 24.1 Å². The second kappa shape index (κ2) is 14.9. The Morgan fingerprint density at radius 1 is 1.05 bits per heavy atom. The summed E-state index contributed by atoms with van der Waals surface area (Å²) in [5.74, 6) is -0.0792. The molecule has 0 radical (unpaired) electrons. The second-order valence-electron chi connectivity index (χ2n) is 10.2. The molecule has 0 aliphatic heterocycles. The summed E-state index contributed by atoms with van der Waals surface area (Å²) in [6.07, 6.45) is 2.86. The van der Waals surface area contributed by atoms with Crippen LogP contribution in [-0.4, -0.2) is 43.8 Å². The lowest BCUT2D eigenvalue weighted by molar-refractivity contribution is 0.0999. The number of hydrogen-bond acceptors (Lipinski definition) is 6. The van der Waals surface area contributed by atoms with E-state index in [1.54, 1.807) is 25.3 Å². The summed E-state index contributed by atoms with van der Waals surface area (Å²) >= 11 is 6.38. The van der Waals surface area contributed by atoms with Gasteiger partial charge in [0.15, 0.2) is 0 Å². The van der Waals surface area contributed by atoms with Gasteiger partial charge in [0.2, 0.25) is 0 Å². The van der Waals surface area contributed by atoms with E-state index in [1.165, 1.54) is 12.1 Å². The number of nitrogens with zero attached hydrogens (tertiary/aromatic N) is 1. The molecule has 43 heavy (non-hydrogen) atoms. The van der Waals surface area contributed by atoms with Gasteiger partial charge >= 0.3 is 15.6 Å². The maximum absolute atomic E-state index is 13.2. The molecule has 6 N–H and O–H groups in total. The van der Waals surface area contributed by atoms with Crippen molar-refractivity contribution in [2.75, 3.05) is 13.7 Å². The van der Waals surface area contributed by atoms with Crippen molar-refractivity contribution in [2.45, 2.75) is 52.5 Å². The van der Waals surface area contributed by atoms with Gasteiger partial charge in [-0.25, -0.2) is 9.13 Å². The first kappa shape index (κ1) is 34.8. The van der Waals surface area contributed by atoms with Gasteiger partial charge in [-0.05, 0) is 54.2 Å². The van der Waals surface area contributed by atoms with Gasteiger partial charge in [-0.1, -0.05) is 56.5 Å². The molecule has 1 aromatic heterocycles. The minimum atomic E-state index is -4.88. The fourth-order valence-corrected chi connectivity index (χ4v) is 6.15. The van der Waals surface area contributed by atoms with E-state index in [0.29, 0.717) is 35.4 Å². The van der Waals surface area contributed by atoms with E-state index in [2.05, 4.69) is 18.4 Å². The molecule has 0 spiro atoms. The van der Waals surface area contributed by atoms with Crippen LogP contribution in [0.5, 0.6) is 11.5 Å². The van der Waals surface area contributed by atoms with Crippen molar-refractivity contribution in [1.29, 1.82) is 0 Å². The lowest BCUT2D eigenvalue weighted by Crippen LogP contribution is -2.16. The Hall–Kier alpha value is -2.66. The highest BCUT2D eigenvalue weighted by Gasteiger charge is 2.29. The largest absolute Gasteiger partial charge is 0.524 e. The van der Waals surface area contributed by atoms with Crippen molar-refractivity contribution in [1.82, 2.24) is 4.57 Å². The van der Waals surface area contributed by atoms with Gasteiger partial charge in [0.05, 0.1) is 24.3 Å². The van der Waals surface area contributed by atoms with Gasteiger partial charge in [-0.3, -0.25) is 19.1 Å². The van der Waals surface area contributed by atoms with Crippen molar-refractivity contribution >= 4 is 33.2 Å². The molecule has 3 aromatic rings. The standard InChI is InChI=1S/C28H37ClN2O10P2/c1-4-6-18(2)15-23-26(20-9-12-25(22(29)17-20)41-43(36,37)38)27(28(30)32)24(16-19-7-10-21(39-3)11-8-19)31(23)13-5-14-40-42(33,34)35/h7-12,17-18H,4-6,13-16H2,1-3H3,(H2,30,32)(H2,33,34,35)(H2,36,37,38). The van der Waals surface area contributed by atoms with Crippen molar-refractivity contribution in [2.24, 2.45) is 11.7 Å². The molecule has 0 fully saturated rings. The molecule has 1 unspecified atom stereocenters. The molecule has 12 nitrogen and oxygen atoms in total. The number of hydrogen-bond donors (Lipinski definition) is 5. The molecule has 1 heterocycles. The highest BCUT2D eigenvalue weighted by Crippen LogP contribution is 2.44. The Morgan fingerprint density at radius 3 is 2.26 bits per heavy atom. The predicted molar refractivity (Wildman–Crippen MR) is 162 cm³/mol. The van der Waals surface area contributed by atoms with Crippen molar-refractivity contribution < 1.29 is 47.3 Å². The fourth-order valence-electron chi connectivity index (χ4n) is 5.09. The summed E-state index contributed by atoms with van der Waals surface area (Å²) in [5.41, 5.74) is 9.47. The lowest BCUT2D eigenvalue weighted by Gasteiger charge is -2.18. The minimum Gasteiger partial charge on any atom is -0.497 e. The molecular weight excluding hydrogens is 622 g/mol. The van der Waals surface area contributed by atoms with Crippen molar-refractivity contribution in [3.63, 3.8) is 0 Å². The van der Waals surface area contributed by atoms with Gasteiger partial charge in [0.25, 0.3) is 5.91 Å². The molecule has 0 saturated carbocycles. The number of amides is 1. The Balaban J connectivity index is 2.26. The Kier molecular flexibility index (Phi) is 12.1. The minimum absolute atomic E-state index is 0.0803. The van der Waals surface area contributed by atoms with Crippen LogP contribution in [-0.2, 0) is 33.0 Å². The van der Waals surface area contributed by atoms with E-state index in [9.17, 15) is 23.7 Å². The molecular formula is C28H37ClN2O10P2. The highest BCUT2D eigenvalue weighted by molar-refractivity contribution is 7.46. The first-order valence-corrected chi connectivity index (χ1v) is 17.0. The van der Waals surface area contributed by atoms with E-state index < -0.39 is 21.6 Å². The Labute approximate surface area is 255 Å². The second-order valence-corrected chi connectivity index (χ2v) is 13.0. The number of carbonyl (C=O) groups excluding carboxylic acids is 1. The number of primary amides is 1. The normalized spacial score (nSPS) is 12.7. The van der Waals surface area contributed by atoms with Crippen LogP contribution in [0.4, 0.5) is 0 Å². The predicted octanol–water partition coefficient (Wildman–Crippen LogP) is 5.46. The molecule has 0 aliphatic rings. The van der Waals surface area contributed by atoms with Crippen LogP contribution >= 0.6 is 27.2 Å². The zero-order valence-electron chi connectivity index (χ0n) is 24.1. The quantitative estimate of drug-likeness (QED) is 0.0976. The third kappa shape index (κ3) is 9.93. The van der Waals surface area contributed by atoms with E-state index >= 15 is 0 Å². The lowest BCUT2D eigenvalue weighted by atomic mass is 9.93. The third-order valence-electron chi connectivity index (χ3n) is 6.80. The number of phosphoric acid groups is 2. The average Bonchev–Trinajstić information content (AvgIpc) is 3.19. The SMILES string of the molecule is CCCC(C)Cc1c(-c2ccc(OP(=O)(O)O)c(Cl)c2)c(C(N)=O)c(Cc2ccc(OC)cc2)n1CCCOP(=O)(O)O. The highest BCUT2D eigenvalue weighted by atomic mass is 35.5. The zero-order chi connectivity index (χ0) is 31.9. The van der Waals surface area contributed by atoms with Crippen LogP contribution < -0.4 is 15.0 Å². The molecule has 3 rings (SSSR count). The summed E-state index contributed by atoms with van der Waals surface area (Å²) in [6, 6.07) is 11.6. The van der Waals surface area contributed by atoms with E-state index in [4.69, 9.17) is 36.4 Å².